The molecule has 1 aliphatic heterocycles. The molecule has 2 rings (SSSR count). The molecule has 7 heteroatoms. The monoisotopic (exact) mass is 332 g/mol. The van der Waals surface area contributed by atoms with Gasteiger partial charge in [-0.15, -0.1) is 0 Å². The fraction of sp³-hybridized carbons (Fsp3) is 0.538. The normalized spacial score (nSPS) is 19.9. The minimum atomic E-state index is -3.40. The van der Waals surface area contributed by atoms with Gasteiger partial charge in [-0.25, -0.2) is 13.1 Å². The van der Waals surface area contributed by atoms with Crippen molar-refractivity contribution in [2.45, 2.75) is 16.7 Å². The van der Waals surface area contributed by atoms with E-state index in [1.54, 1.807) is 18.2 Å². The average molecular weight is 333 g/mol. The summed E-state index contributed by atoms with van der Waals surface area (Å²) in [5.41, 5.74) is 0.970. The number of hydrogen-bond acceptors (Lipinski definition) is 5. The van der Waals surface area contributed by atoms with Crippen LogP contribution in [0.5, 0.6) is 0 Å². The summed E-state index contributed by atoms with van der Waals surface area (Å²) in [4.78, 5) is 0.346. The lowest BCUT2D eigenvalue weighted by molar-refractivity contribution is 0.581. The molecule has 0 saturated carbocycles. The van der Waals surface area contributed by atoms with Gasteiger partial charge in [0.2, 0.25) is 10.0 Å². The Morgan fingerprint density at radius 3 is 2.90 bits per heavy atom. The summed E-state index contributed by atoms with van der Waals surface area (Å²) < 4.78 is 27.3. The molecule has 1 atom stereocenters. The summed E-state index contributed by atoms with van der Waals surface area (Å²) in [6, 6.07) is 7.07. The van der Waals surface area contributed by atoms with E-state index < -0.39 is 10.0 Å². The van der Waals surface area contributed by atoms with Gasteiger partial charge in [0.05, 0.1) is 4.90 Å². The van der Waals surface area contributed by atoms with Crippen molar-refractivity contribution in [3.05, 3.63) is 29.8 Å². The molecule has 1 unspecified atom stereocenters. The minimum absolute atomic E-state index is 0.346. The molecular formula is C13H20N2O2S3. The van der Waals surface area contributed by atoms with E-state index in [0.717, 1.165) is 17.1 Å². The van der Waals surface area contributed by atoms with Crippen molar-refractivity contribution in [3.63, 3.8) is 0 Å². The van der Waals surface area contributed by atoms with Crippen LogP contribution in [0, 0.1) is 0 Å². The van der Waals surface area contributed by atoms with E-state index in [1.807, 2.05) is 36.6 Å². The number of sulfonamides is 1. The van der Waals surface area contributed by atoms with Crippen LogP contribution in [0.1, 0.15) is 5.56 Å². The second-order valence-corrected chi connectivity index (χ2v) is 8.92. The van der Waals surface area contributed by atoms with Crippen LogP contribution >= 0.6 is 23.5 Å². The fourth-order valence-electron chi connectivity index (χ4n) is 1.97. The molecule has 20 heavy (non-hydrogen) atoms. The zero-order valence-corrected chi connectivity index (χ0v) is 13.9. The van der Waals surface area contributed by atoms with E-state index in [2.05, 4.69) is 10.0 Å². The first-order valence-electron chi connectivity index (χ1n) is 6.54. The SMILES string of the molecule is CNCc1cccc(S(=O)(=O)NCC2CSCCS2)c1. The van der Waals surface area contributed by atoms with Gasteiger partial charge in [-0.1, -0.05) is 12.1 Å². The van der Waals surface area contributed by atoms with Gasteiger partial charge in [0.1, 0.15) is 0 Å². The van der Waals surface area contributed by atoms with Crippen LogP contribution in [0.15, 0.2) is 29.2 Å². The van der Waals surface area contributed by atoms with Crippen LogP contribution in [-0.4, -0.2) is 44.5 Å². The van der Waals surface area contributed by atoms with Crippen LogP contribution in [0.3, 0.4) is 0 Å². The highest BCUT2D eigenvalue weighted by molar-refractivity contribution is 8.06. The Morgan fingerprint density at radius 2 is 2.20 bits per heavy atom. The zero-order valence-electron chi connectivity index (χ0n) is 11.5. The first-order chi connectivity index (χ1) is 9.62. The van der Waals surface area contributed by atoms with Crippen LogP contribution in [0.4, 0.5) is 0 Å². The predicted molar refractivity (Wildman–Crippen MR) is 88.0 cm³/mol. The van der Waals surface area contributed by atoms with Crippen LogP contribution in [0.25, 0.3) is 0 Å². The van der Waals surface area contributed by atoms with Crippen molar-refractivity contribution in [1.82, 2.24) is 10.0 Å². The maximum absolute atomic E-state index is 12.3. The summed E-state index contributed by atoms with van der Waals surface area (Å²) >= 11 is 3.75. The molecule has 0 aliphatic carbocycles. The summed E-state index contributed by atoms with van der Waals surface area (Å²) in [7, 11) is -1.56. The van der Waals surface area contributed by atoms with Crippen molar-refractivity contribution >= 4 is 33.5 Å². The molecule has 1 aromatic carbocycles. The second kappa shape index (κ2) is 7.70. The molecule has 0 aromatic heterocycles. The molecule has 112 valence electrons. The Morgan fingerprint density at radius 1 is 1.35 bits per heavy atom. The number of thioether (sulfide) groups is 2. The lowest BCUT2D eigenvalue weighted by atomic mass is 10.2. The minimum Gasteiger partial charge on any atom is -0.316 e. The van der Waals surface area contributed by atoms with Gasteiger partial charge in [0.15, 0.2) is 0 Å². The summed E-state index contributed by atoms with van der Waals surface area (Å²) in [5.74, 6) is 3.29. The lowest BCUT2D eigenvalue weighted by Crippen LogP contribution is -2.33. The molecule has 0 spiro atoms. The van der Waals surface area contributed by atoms with Gasteiger partial charge in [0.25, 0.3) is 0 Å². The quantitative estimate of drug-likeness (QED) is 0.827. The highest BCUT2D eigenvalue weighted by Gasteiger charge is 2.19. The molecule has 0 amide bonds. The highest BCUT2D eigenvalue weighted by atomic mass is 32.2. The van der Waals surface area contributed by atoms with E-state index in [1.165, 1.54) is 5.75 Å². The standard InChI is InChI=1S/C13H20N2O2S3/c1-14-8-11-3-2-4-13(7-11)20(16,17)15-9-12-10-18-5-6-19-12/h2-4,7,12,14-15H,5-6,8-10H2,1H3. The molecule has 1 aromatic rings. The third kappa shape index (κ3) is 4.66. The van der Waals surface area contributed by atoms with Gasteiger partial charge in [-0.2, -0.15) is 23.5 Å². The Hall–Kier alpha value is -0.210. The third-order valence-electron chi connectivity index (χ3n) is 2.98. The van der Waals surface area contributed by atoms with Gasteiger partial charge < -0.3 is 5.32 Å². The first kappa shape index (κ1) is 16.2. The molecule has 0 bridgehead atoms. The van der Waals surface area contributed by atoms with E-state index in [0.29, 0.717) is 23.2 Å². The summed E-state index contributed by atoms with van der Waals surface area (Å²) in [6.07, 6.45) is 0. The van der Waals surface area contributed by atoms with Gasteiger partial charge in [-0.05, 0) is 24.7 Å². The molecule has 1 fully saturated rings. The Bertz CT molecular complexity index is 528. The second-order valence-electron chi connectivity index (χ2n) is 4.60. The smallest absolute Gasteiger partial charge is 0.240 e. The topological polar surface area (TPSA) is 58.2 Å². The molecule has 4 nitrogen and oxygen atoms in total. The molecule has 2 N–H and O–H groups in total. The van der Waals surface area contributed by atoms with Crippen LogP contribution in [-0.2, 0) is 16.6 Å². The van der Waals surface area contributed by atoms with Crippen molar-refractivity contribution in [2.75, 3.05) is 30.9 Å². The number of benzene rings is 1. The van der Waals surface area contributed by atoms with Crippen molar-refractivity contribution in [2.24, 2.45) is 0 Å². The maximum Gasteiger partial charge on any atom is 0.240 e. The van der Waals surface area contributed by atoms with Gasteiger partial charge >= 0.3 is 0 Å². The van der Waals surface area contributed by atoms with E-state index in [4.69, 9.17) is 0 Å². The van der Waals surface area contributed by atoms with Crippen LogP contribution in [0.2, 0.25) is 0 Å². The average Bonchev–Trinajstić information content (AvgIpc) is 2.47. The van der Waals surface area contributed by atoms with Crippen LogP contribution < -0.4 is 10.0 Å². The number of nitrogens with one attached hydrogen (secondary N) is 2. The van der Waals surface area contributed by atoms with Crippen molar-refractivity contribution in [3.8, 4) is 0 Å². The van der Waals surface area contributed by atoms with E-state index in [9.17, 15) is 8.42 Å². The zero-order chi connectivity index (χ0) is 14.4. The number of hydrogen-bond donors (Lipinski definition) is 2. The summed E-state index contributed by atoms with van der Waals surface area (Å²) in [5, 5.41) is 3.40. The maximum atomic E-state index is 12.3. The third-order valence-corrected chi connectivity index (χ3v) is 7.24. The van der Waals surface area contributed by atoms with E-state index >= 15 is 0 Å². The molecule has 0 radical (unpaired) electrons. The Labute approximate surface area is 129 Å². The molecule has 1 saturated heterocycles. The van der Waals surface area contributed by atoms with E-state index in [-0.39, 0.29) is 0 Å². The fourth-order valence-corrected chi connectivity index (χ4v) is 5.84. The first-order valence-corrected chi connectivity index (χ1v) is 10.2. The number of rotatable bonds is 6. The Balaban J connectivity index is 2.00. The van der Waals surface area contributed by atoms with Gasteiger partial charge in [-0.3, -0.25) is 0 Å². The largest absolute Gasteiger partial charge is 0.316 e. The predicted octanol–water partition coefficient (Wildman–Crippen LogP) is 1.53. The van der Waals surface area contributed by atoms with Crippen molar-refractivity contribution < 1.29 is 8.42 Å². The molecule has 1 heterocycles. The van der Waals surface area contributed by atoms with Crippen molar-refractivity contribution in [1.29, 1.82) is 0 Å². The molecule has 1 aliphatic rings. The molecular weight excluding hydrogens is 312 g/mol. The van der Waals surface area contributed by atoms with Gasteiger partial charge in [0, 0.05) is 35.6 Å². The lowest BCUT2D eigenvalue weighted by Gasteiger charge is -2.21. The Kier molecular flexibility index (Phi) is 6.22. The summed E-state index contributed by atoms with van der Waals surface area (Å²) in [6.45, 7) is 1.18. The highest BCUT2D eigenvalue weighted by Crippen LogP contribution is 2.23.